The van der Waals surface area contributed by atoms with E-state index in [9.17, 15) is 0 Å². The van der Waals surface area contributed by atoms with E-state index >= 15 is 0 Å². The lowest BCUT2D eigenvalue weighted by Crippen LogP contribution is -2.23. The number of para-hydroxylation sites is 1. The summed E-state index contributed by atoms with van der Waals surface area (Å²) in [6, 6.07) is 18.9. The Kier molecular flexibility index (Phi) is 3.27. The molecule has 23 heavy (non-hydrogen) atoms. The first kappa shape index (κ1) is 13.8. The van der Waals surface area contributed by atoms with Crippen molar-refractivity contribution in [1.29, 1.82) is 0 Å². The zero-order valence-corrected chi connectivity index (χ0v) is 13.3. The first-order valence-corrected chi connectivity index (χ1v) is 7.88. The SMILES string of the molecule is Cc1cc2n(n1)[C@H](/C=C\c1ccccc1)Nc1c(C)cccc1-2. The molecule has 114 valence electrons. The summed E-state index contributed by atoms with van der Waals surface area (Å²) in [6.07, 6.45) is 4.33. The standard InChI is InChI=1S/C20H19N3/c1-14-7-6-10-17-18-13-15(2)22-23(18)19(21-20(14)17)12-11-16-8-4-3-5-9-16/h3-13,19,21H,1-2H3/b12-11-/t19-/m1/s1. The number of anilines is 1. The van der Waals surface area contributed by atoms with E-state index in [2.05, 4.69) is 82.7 Å². The quantitative estimate of drug-likeness (QED) is 0.736. The first-order valence-electron chi connectivity index (χ1n) is 7.88. The van der Waals surface area contributed by atoms with E-state index in [0.29, 0.717) is 0 Å². The number of nitrogens with one attached hydrogen (secondary N) is 1. The van der Waals surface area contributed by atoms with Crippen molar-refractivity contribution >= 4 is 11.8 Å². The number of hydrogen-bond donors (Lipinski definition) is 1. The fourth-order valence-electron chi connectivity index (χ4n) is 3.11. The minimum Gasteiger partial charge on any atom is -0.360 e. The third kappa shape index (κ3) is 2.44. The van der Waals surface area contributed by atoms with Gasteiger partial charge in [0.25, 0.3) is 0 Å². The molecule has 1 aliphatic rings. The molecule has 2 heterocycles. The maximum atomic E-state index is 4.68. The van der Waals surface area contributed by atoms with E-state index < -0.39 is 0 Å². The average Bonchev–Trinajstić information content (AvgIpc) is 2.96. The molecule has 1 atom stereocenters. The Morgan fingerprint density at radius 1 is 1.04 bits per heavy atom. The lowest BCUT2D eigenvalue weighted by molar-refractivity contribution is 0.588. The van der Waals surface area contributed by atoms with Gasteiger partial charge >= 0.3 is 0 Å². The van der Waals surface area contributed by atoms with Crippen molar-refractivity contribution < 1.29 is 0 Å². The lowest BCUT2D eigenvalue weighted by atomic mass is 10.0. The van der Waals surface area contributed by atoms with Crippen LogP contribution in [-0.4, -0.2) is 9.78 Å². The fourth-order valence-corrected chi connectivity index (χ4v) is 3.11. The highest BCUT2D eigenvalue weighted by Gasteiger charge is 2.24. The number of aromatic nitrogens is 2. The van der Waals surface area contributed by atoms with Crippen LogP contribution < -0.4 is 5.32 Å². The number of benzene rings is 2. The molecular weight excluding hydrogens is 282 g/mol. The highest BCUT2D eigenvalue weighted by Crippen LogP contribution is 2.38. The third-order valence-corrected chi connectivity index (χ3v) is 4.23. The summed E-state index contributed by atoms with van der Waals surface area (Å²) < 4.78 is 2.07. The predicted octanol–water partition coefficient (Wildman–Crippen LogP) is 4.80. The molecule has 0 aliphatic carbocycles. The normalized spacial score (nSPS) is 16.0. The van der Waals surface area contributed by atoms with Crippen molar-refractivity contribution in [3.05, 3.63) is 77.5 Å². The highest BCUT2D eigenvalue weighted by molar-refractivity contribution is 5.81. The van der Waals surface area contributed by atoms with Gasteiger partial charge in [-0.2, -0.15) is 5.10 Å². The van der Waals surface area contributed by atoms with Gasteiger partial charge in [0.1, 0.15) is 6.17 Å². The molecule has 3 aromatic rings. The van der Waals surface area contributed by atoms with Gasteiger partial charge in [-0.15, -0.1) is 0 Å². The van der Waals surface area contributed by atoms with Crippen LogP contribution in [0, 0.1) is 13.8 Å². The summed E-state index contributed by atoms with van der Waals surface area (Å²) in [5.41, 5.74) is 7.07. The Morgan fingerprint density at radius 3 is 2.70 bits per heavy atom. The van der Waals surface area contributed by atoms with Crippen LogP contribution in [0.15, 0.2) is 60.7 Å². The summed E-state index contributed by atoms with van der Waals surface area (Å²) in [4.78, 5) is 0. The van der Waals surface area contributed by atoms with E-state index in [1.807, 2.05) is 13.0 Å². The van der Waals surface area contributed by atoms with E-state index in [1.54, 1.807) is 0 Å². The van der Waals surface area contributed by atoms with E-state index in [0.717, 1.165) is 5.69 Å². The predicted molar refractivity (Wildman–Crippen MR) is 95.3 cm³/mol. The molecule has 0 saturated carbocycles. The van der Waals surface area contributed by atoms with Crippen molar-refractivity contribution in [2.75, 3.05) is 5.32 Å². The summed E-state index contributed by atoms with van der Waals surface area (Å²) >= 11 is 0. The maximum Gasteiger partial charge on any atom is 0.140 e. The first-order chi connectivity index (χ1) is 11.2. The summed E-state index contributed by atoms with van der Waals surface area (Å²) in [5.74, 6) is 0. The summed E-state index contributed by atoms with van der Waals surface area (Å²) in [7, 11) is 0. The van der Waals surface area contributed by atoms with Crippen LogP contribution in [0.1, 0.15) is 23.0 Å². The van der Waals surface area contributed by atoms with Crippen LogP contribution in [0.4, 0.5) is 5.69 Å². The molecule has 0 radical (unpaired) electrons. The van der Waals surface area contributed by atoms with Gasteiger partial charge in [-0.05, 0) is 37.1 Å². The minimum absolute atomic E-state index is 0.0208. The molecule has 0 fully saturated rings. The monoisotopic (exact) mass is 301 g/mol. The Bertz CT molecular complexity index is 875. The third-order valence-electron chi connectivity index (χ3n) is 4.23. The molecule has 0 saturated heterocycles. The lowest BCUT2D eigenvalue weighted by Gasteiger charge is -2.28. The van der Waals surface area contributed by atoms with Crippen LogP contribution >= 0.6 is 0 Å². The number of nitrogens with zero attached hydrogens (tertiary/aromatic N) is 2. The van der Waals surface area contributed by atoms with Gasteiger partial charge in [0, 0.05) is 11.3 Å². The number of aryl methyl sites for hydroxylation is 2. The number of hydrogen-bond acceptors (Lipinski definition) is 2. The van der Waals surface area contributed by atoms with Gasteiger partial charge in [-0.1, -0.05) is 54.6 Å². The molecule has 0 unspecified atom stereocenters. The second kappa shape index (κ2) is 5.43. The van der Waals surface area contributed by atoms with Crippen LogP contribution in [0.25, 0.3) is 17.3 Å². The molecule has 0 bridgehead atoms. The maximum absolute atomic E-state index is 4.68. The van der Waals surface area contributed by atoms with Crippen LogP contribution in [0.3, 0.4) is 0 Å². The smallest absolute Gasteiger partial charge is 0.140 e. The molecule has 0 amide bonds. The highest BCUT2D eigenvalue weighted by atomic mass is 15.4. The van der Waals surface area contributed by atoms with Crippen molar-refractivity contribution in [1.82, 2.24) is 9.78 Å². The summed E-state index contributed by atoms with van der Waals surface area (Å²) in [6.45, 7) is 4.18. The van der Waals surface area contributed by atoms with Gasteiger partial charge in [-0.3, -0.25) is 0 Å². The van der Waals surface area contributed by atoms with E-state index in [-0.39, 0.29) is 6.17 Å². The number of rotatable bonds is 2. The van der Waals surface area contributed by atoms with Crippen molar-refractivity contribution in [2.45, 2.75) is 20.0 Å². The number of fused-ring (bicyclic) bond motifs is 3. The van der Waals surface area contributed by atoms with Gasteiger partial charge < -0.3 is 5.32 Å². The fraction of sp³-hybridized carbons (Fsp3) is 0.150. The van der Waals surface area contributed by atoms with Crippen LogP contribution in [0.5, 0.6) is 0 Å². The Labute approximate surface area is 136 Å². The molecular formula is C20H19N3. The van der Waals surface area contributed by atoms with Gasteiger partial charge in [-0.25, -0.2) is 4.68 Å². The largest absolute Gasteiger partial charge is 0.360 e. The minimum atomic E-state index is 0.0208. The topological polar surface area (TPSA) is 29.9 Å². The van der Waals surface area contributed by atoms with Crippen molar-refractivity contribution in [3.8, 4) is 11.3 Å². The summed E-state index contributed by atoms with van der Waals surface area (Å²) in [5, 5.41) is 8.30. The van der Waals surface area contributed by atoms with Gasteiger partial charge in [0.15, 0.2) is 0 Å². The molecule has 3 heteroatoms. The molecule has 4 rings (SSSR count). The average molecular weight is 301 g/mol. The molecule has 1 aromatic heterocycles. The van der Waals surface area contributed by atoms with E-state index in [1.165, 1.54) is 28.1 Å². The molecule has 3 nitrogen and oxygen atoms in total. The zero-order chi connectivity index (χ0) is 15.8. The Hall–Kier alpha value is -2.81. The van der Waals surface area contributed by atoms with Crippen LogP contribution in [-0.2, 0) is 0 Å². The second-order valence-electron chi connectivity index (χ2n) is 5.97. The second-order valence-corrected chi connectivity index (χ2v) is 5.97. The Morgan fingerprint density at radius 2 is 1.87 bits per heavy atom. The van der Waals surface area contributed by atoms with E-state index in [4.69, 9.17) is 0 Å². The van der Waals surface area contributed by atoms with Gasteiger partial charge in [0.2, 0.25) is 0 Å². The van der Waals surface area contributed by atoms with Crippen molar-refractivity contribution in [3.63, 3.8) is 0 Å². The Balaban J connectivity index is 1.78. The molecule has 0 spiro atoms. The van der Waals surface area contributed by atoms with Gasteiger partial charge in [0.05, 0.1) is 11.4 Å². The van der Waals surface area contributed by atoms with Crippen molar-refractivity contribution in [2.24, 2.45) is 0 Å². The molecule has 2 aromatic carbocycles. The molecule has 1 N–H and O–H groups in total. The molecule has 1 aliphatic heterocycles. The zero-order valence-electron chi connectivity index (χ0n) is 13.3. The van der Waals surface area contributed by atoms with Crippen LogP contribution in [0.2, 0.25) is 0 Å².